The van der Waals surface area contributed by atoms with E-state index in [0.29, 0.717) is 17.4 Å². The molecule has 0 saturated carbocycles. The van der Waals surface area contributed by atoms with Crippen LogP contribution in [-0.2, 0) is 10.0 Å². The van der Waals surface area contributed by atoms with Crippen LogP contribution in [0.3, 0.4) is 0 Å². The molecule has 0 bridgehead atoms. The Bertz CT molecular complexity index is 563. The van der Waals surface area contributed by atoms with Crippen molar-refractivity contribution in [1.82, 2.24) is 14.6 Å². The second-order valence-corrected chi connectivity index (χ2v) is 7.27. The Labute approximate surface area is 131 Å². The molecule has 0 aliphatic carbocycles. The maximum Gasteiger partial charge on any atom is 0.242 e. The van der Waals surface area contributed by atoms with E-state index < -0.39 is 10.0 Å². The van der Waals surface area contributed by atoms with E-state index in [1.54, 1.807) is 0 Å². The molecular weight excluding hydrogens is 312 g/mol. The minimum absolute atomic E-state index is 0.0749. The van der Waals surface area contributed by atoms with E-state index in [1.165, 1.54) is 12.3 Å². The van der Waals surface area contributed by atoms with Crippen LogP contribution in [0.1, 0.15) is 20.3 Å². The van der Waals surface area contributed by atoms with Gasteiger partial charge in [-0.05, 0) is 47.0 Å². The van der Waals surface area contributed by atoms with Crippen LogP contribution >= 0.6 is 11.6 Å². The normalized spacial score (nSPS) is 13.4. The highest BCUT2D eigenvalue weighted by Gasteiger charge is 2.19. The van der Waals surface area contributed by atoms with Gasteiger partial charge in [-0.25, -0.2) is 18.1 Å². The van der Waals surface area contributed by atoms with Crippen molar-refractivity contribution in [2.45, 2.75) is 31.2 Å². The molecule has 0 aliphatic heterocycles. The zero-order valence-corrected chi connectivity index (χ0v) is 14.4. The topological polar surface area (TPSA) is 74.3 Å². The van der Waals surface area contributed by atoms with Gasteiger partial charge in [0.2, 0.25) is 10.0 Å². The number of anilines is 1. The summed E-state index contributed by atoms with van der Waals surface area (Å²) in [6.45, 7) is 5.22. The fourth-order valence-electron chi connectivity index (χ4n) is 1.71. The summed E-state index contributed by atoms with van der Waals surface area (Å²) >= 11 is 6.03. The standard InChI is InChI=1S/C13H23ClN4O2S/c1-5-15-13-12(14)8-11(9-16-13)21(19,20)17-10(2)6-7-18(3)4/h8-10,17H,5-7H2,1-4H3,(H,15,16). The summed E-state index contributed by atoms with van der Waals surface area (Å²) in [5, 5.41) is 3.26. The Morgan fingerprint density at radius 2 is 2.10 bits per heavy atom. The average molecular weight is 335 g/mol. The van der Waals surface area contributed by atoms with Crippen LogP contribution in [0.2, 0.25) is 5.02 Å². The lowest BCUT2D eigenvalue weighted by Crippen LogP contribution is -2.34. The van der Waals surface area contributed by atoms with Gasteiger partial charge in [0.15, 0.2) is 0 Å². The predicted molar refractivity (Wildman–Crippen MR) is 86.4 cm³/mol. The van der Waals surface area contributed by atoms with Gasteiger partial charge >= 0.3 is 0 Å². The fraction of sp³-hybridized carbons (Fsp3) is 0.615. The van der Waals surface area contributed by atoms with Gasteiger partial charge in [0.05, 0.1) is 5.02 Å². The summed E-state index contributed by atoms with van der Waals surface area (Å²) in [5.74, 6) is 0.485. The summed E-state index contributed by atoms with van der Waals surface area (Å²) in [6, 6.07) is 1.25. The van der Waals surface area contributed by atoms with Crippen molar-refractivity contribution in [3.63, 3.8) is 0 Å². The molecule has 1 aromatic rings. The third-order valence-electron chi connectivity index (χ3n) is 2.84. The lowest BCUT2D eigenvalue weighted by molar-refractivity contribution is 0.379. The molecule has 1 rings (SSSR count). The molecule has 1 heterocycles. The smallest absolute Gasteiger partial charge is 0.242 e. The summed E-state index contributed by atoms with van der Waals surface area (Å²) in [7, 11) is 0.293. The number of nitrogens with one attached hydrogen (secondary N) is 2. The lowest BCUT2D eigenvalue weighted by Gasteiger charge is -2.17. The van der Waals surface area contributed by atoms with Crippen LogP contribution < -0.4 is 10.0 Å². The first kappa shape index (κ1) is 18.2. The largest absolute Gasteiger partial charge is 0.369 e. The van der Waals surface area contributed by atoms with Crippen LogP contribution in [0.5, 0.6) is 0 Å². The number of pyridine rings is 1. The molecule has 120 valence electrons. The number of rotatable bonds is 8. The molecule has 0 radical (unpaired) electrons. The quantitative estimate of drug-likeness (QED) is 0.758. The van der Waals surface area contributed by atoms with Crippen LogP contribution in [0.25, 0.3) is 0 Å². The molecule has 0 aliphatic rings. The molecule has 1 unspecified atom stereocenters. The van der Waals surface area contributed by atoms with Gasteiger partial charge < -0.3 is 10.2 Å². The van der Waals surface area contributed by atoms with Crippen LogP contribution in [0, 0.1) is 0 Å². The summed E-state index contributed by atoms with van der Waals surface area (Å²) in [5.41, 5.74) is 0. The highest BCUT2D eigenvalue weighted by atomic mass is 35.5. The Hall–Kier alpha value is -0.890. The summed E-state index contributed by atoms with van der Waals surface area (Å²) < 4.78 is 27.2. The maximum absolute atomic E-state index is 12.3. The summed E-state index contributed by atoms with van der Waals surface area (Å²) in [4.78, 5) is 6.13. The van der Waals surface area contributed by atoms with Crippen LogP contribution in [0.15, 0.2) is 17.2 Å². The van der Waals surface area contributed by atoms with E-state index in [-0.39, 0.29) is 10.9 Å². The molecule has 0 amide bonds. The molecule has 0 spiro atoms. The van der Waals surface area contributed by atoms with Crippen molar-refractivity contribution in [2.24, 2.45) is 0 Å². The van der Waals surface area contributed by atoms with Gasteiger partial charge in [-0.1, -0.05) is 11.6 Å². The molecule has 8 heteroatoms. The lowest BCUT2D eigenvalue weighted by atomic mass is 10.2. The molecule has 21 heavy (non-hydrogen) atoms. The van der Waals surface area contributed by atoms with Gasteiger partial charge in [0.25, 0.3) is 0 Å². The van der Waals surface area contributed by atoms with E-state index in [2.05, 4.69) is 15.0 Å². The van der Waals surface area contributed by atoms with Crippen molar-refractivity contribution in [3.8, 4) is 0 Å². The van der Waals surface area contributed by atoms with E-state index in [0.717, 1.165) is 13.0 Å². The maximum atomic E-state index is 12.3. The van der Waals surface area contributed by atoms with Crippen molar-refractivity contribution in [1.29, 1.82) is 0 Å². The van der Waals surface area contributed by atoms with Gasteiger partial charge in [0.1, 0.15) is 10.7 Å². The Morgan fingerprint density at radius 3 is 2.62 bits per heavy atom. The second kappa shape index (κ2) is 7.93. The molecule has 0 aromatic carbocycles. The van der Waals surface area contributed by atoms with Gasteiger partial charge in [-0.2, -0.15) is 0 Å². The van der Waals surface area contributed by atoms with Crippen molar-refractivity contribution >= 4 is 27.4 Å². The van der Waals surface area contributed by atoms with Gasteiger partial charge in [-0.3, -0.25) is 0 Å². The van der Waals surface area contributed by atoms with E-state index in [9.17, 15) is 8.42 Å². The van der Waals surface area contributed by atoms with Gasteiger partial charge in [-0.15, -0.1) is 0 Å². The summed E-state index contributed by atoms with van der Waals surface area (Å²) in [6.07, 6.45) is 2.04. The molecule has 2 N–H and O–H groups in total. The Morgan fingerprint density at radius 1 is 1.43 bits per heavy atom. The first-order valence-electron chi connectivity index (χ1n) is 6.82. The van der Waals surface area contributed by atoms with Crippen molar-refractivity contribution in [2.75, 3.05) is 32.5 Å². The minimum atomic E-state index is -3.60. The third-order valence-corrected chi connectivity index (χ3v) is 4.68. The predicted octanol–water partition coefficient (Wildman–Crippen LogP) is 1.79. The number of nitrogens with zero attached hydrogens (tertiary/aromatic N) is 2. The fourth-order valence-corrected chi connectivity index (χ4v) is 3.25. The number of hydrogen-bond donors (Lipinski definition) is 2. The highest BCUT2D eigenvalue weighted by molar-refractivity contribution is 7.89. The molecule has 0 fully saturated rings. The zero-order valence-electron chi connectivity index (χ0n) is 12.9. The number of aromatic nitrogens is 1. The number of sulfonamides is 1. The average Bonchev–Trinajstić information content (AvgIpc) is 2.38. The Balaban J connectivity index is 2.80. The minimum Gasteiger partial charge on any atom is -0.369 e. The third kappa shape index (κ3) is 5.78. The SMILES string of the molecule is CCNc1ncc(S(=O)(=O)NC(C)CCN(C)C)cc1Cl. The molecule has 1 atom stereocenters. The second-order valence-electron chi connectivity index (χ2n) is 5.15. The first-order chi connectivity index (χ1) is 9.76. The number of hydrogen-bond acceptors (Lipinski definition) is 5. The van der Waals surface area contributed by atoms with Crippen LogP contribution in [0.4, 0.5) is 5.82 Å². The molecule has 1 aromatic heterocycles. The van der Waals surface area contributed by atoms with Crippen molar-refractivity contribution in [3.05, 3.63) is 17.3 Å². The molecule has 0 saturated heterocycles. The zero-order chi connectivity index (χ0) is 16.0. The Kier molecular flexibility index (Phi) is 6.86. The molecular formula is C13H23ClN4O2S. The van der Waals surface area contributed by atoms with Crippen LogP contribution in [-0.4, -0.2) is 51.5 Å². The van der Waals surface area contributed by atoms with E-state index >= 15 is 0 Å². The monoisotopic (exact) mass is 334 g/mol. The highest BCUT2D eigenvalue weighted by Crippen LogP contribution is 2.22. The number of halogens is 1. The van der Waals surface area contributed by atoms with Gasteiger partial charge in [0, 0.05) is 18.8 Å². The first-order valence-corrected chi connectivity index (χ1v) is 8.69. The van der Waals surface area contributed by atoms with E-state index in [1.807, 2.05) is 32.8 Å². The van der Waals surface area contributed by atoms with E-state index in [4.69, 9.17) is 11.6 Å². The molecule has 6 nitrogen and oxygen atoms in total. The van der Waals surface area contributed by atoms with Crippen molar-refractivity contribution < 1.29 is 8.42 Å².